The number of likely N-dealkylation sites (N-methyl/N-ethyl adjacent to an activating group) is 1. The summed E-state index contributed by atoms with van der Waals surface area (Å²) >= 11 is 0. The first-order chi connectivity index (χ1) is 17.1. The summed E-state index contributed by atoms with van der Waals surface area (Å²) in [5.74, 6) is -5.09. The van der Waals surface area contributed by atoms with Gasteiger partial charge in [0.25, 0.3) is 5.89 Å². The second-order valence-corrected chi connectivity index (χ2v) is 8.77. The van der Waals surface area contributed by atoms with Gasteiger partial charge < -0.3 is 9.32 Å². The van der Waals surface area contributed by atoms with Crippen molar-refractivity contribution in [2.45, 2.75) is 25.1 Å². The van der Waals surface area contributed by atoms with Crippen LogP contribution in [-0.2, 0) is 18.9 Å². The zero-order chi connectivity index (χ0) is 25.2. The SMILES string of the molecule is CN1CCc2ccc(-c3cc(C(F)(F)C(F)(F)F)nc4c3ccc3nc(-c5nnco5)cn34)cc2C1. The van der Waals surface area contributed by atoms with E-state index in [4.69, 9.17) is 4.42 Å². The molecule has 0 unspecified atom stereocenters. The van der Waals surface area contributed by atoms with Gasteiger partial charge in [-0.15, -0.1) is 10.2 Å². The quantitative estimate of drug-likeness (QED) is 0.316. The zero-order valence-corrected chi connectivity index (χ0v) is 18.7. The Bertz CT molecular complexity index is 1610. The summed E-state index contributed by atoms with van der Waals surface area (Å²) in [5, 5.41) is 7.76. The lowest BCUT2D eigenvalue weighted by molar-refractivity contribution is -0.290. The number of fused-ring (bicyclic) bond motifs is 4. The summed E-state index contributed by atoms with van der Waals surface area (Å²) in [6.07, 6.45) is -2.47. The summed E-state index contributed by atoms with van der Waals surface area (Å²) in [4.78, 5) is 10.2. The third-order valence-corrected chi connectivity index (χ3v) is 6.38. The maximum atomic E-state index is 14.6. The molecule has 0 radical (unpaired) electrons. The first-order valence-electron chi connectivity index (χ1n) is 11.0. The van der Waals surface area contributed by atoms with Crippen LogP contribution in [0.1, 0.15) is 16.8 Å². The molecule has 0 atom stereocenters. The lowest BCUT2D eigenvalue weighted by Crippen LogP contribution is -2.34. The molecule has 0 fully saturated rings. The van der Waals surface area contributed by atoms with Crippen molar-refractivity contribution in [3.8, 4) is 22.7 Å². The van der Waals surface area contributed by atoms with Crippen molar-refractivity contribution >= 4 is 16.7 Å². The lowest BCUT2D eigenvalue weighted by atomic mass is 9.93. The molecule has 0 N–H and O–H groups in total. The van der Waals surface area contributed by atoms with Gasteiger partial charge in [-0.3, -0.25) is 4.40 Å². The largest absolute Gasteiger partial charge is 0.459 e. The van der Waals surface area contributed by atoms with Gasteiger partial charge in [0.1, 0.15) is 22.7 Å². The number of aromatic nitrogens is 5. The molecule has 0 saturated heterocycles. The van der Waals surface area contributed by atoms with Crippen LogP contribution in [-0.4, -0.2) is 49.2 Å². The standard InChI is InChI=1S/C24H17F5N6O/c1-34-7-6-13-2-3-14(8-15(13)10-34)17-9-19(23(25,26)24(27,28)29)32-21-16(17)4-5-20-31-18(11-35(20)21)22-33-30-12-36-22/h2-5,8-9,11-12H,6-7,10H2,1H3. The number of hydrogen-bond donors (Lipinski definition) is 0. The molecule has 184 valence electrons. The maximum Gasteiger partial charge on any atom is 0.459 e. The van der Waals surface area contributed by atoms with Crippen molar-refractivity contribution in [1.82, 2.24) is 29.5 Å². The van der Waals surface area contributed by atoms with Crippen molar-refractivity contribution in [3.63, 3.8) is 0 Å². The molecule has 0 saturated carbocycles. The summed E-state index contributed by atoms with van der Waals surface area (Å²) in [6.45, 7) is 1.53. The van der Waals surface area contributed by atoms with Gasteiger partial charge in [-0.1, -0.05) is 12.1 Å². The minimum Gasteiger partial charge on any atom is -0.422 e. The average molecular weight is 500 g/mol. The minimum atomic E-state index is -5.82. The zero-order valence-electron chi connectivity index (χ0n) is 18.7. The van der Waals surface area contributed by atoms with Crippen LogP contribution in [0.2, 0.25) is 0 Å². The van der Waals surface area contributed by atoms with E-state index in [1.54, 1.807) is 18.2 Å². The van der Waals surface area contributed by atoms with Gasteiger partial charge in [-0.25, -0.2) is 9.97 Å². The number of halogens is 5. The monoisotopic (exact) mass is 500 g/mol. The van der Waals surface area contributed by atoms with Gasteiger partial charge in [0.05, 0.1) is 0 Å². The summed E-state index contributed by atoms with van der Waals surface area (Å²) in [5.41, 5.74) is 1.86. The van der Waals surface area contributed by atoms with Crippen molar-refractivity contribution in [1.29, 1.82) is 0 Å². The molecule has 6 rings (SSSR count). The number of benzene rings is 1. The Hall–Kier alpha value is -3.93. The second kappa shape index (κ2) is 7.79. The Morgan fingerprint density at radius 1 is 0.972 bits per heavy atom. The molecule has 0 bridgehead atoms. The van der Waals surface area contributed by atoms with Crippen LogP contribution in [0.15, 0.2) is 53.4 Å². The topological polar surface area (TPSA) is 72.3 Å². The molecule has 0 amide bonds. The van der Waals surface area contributed by atoms with E-state index in [2.05, 4.69) is 25.1 Å². The van der Waals surface area contributed by atoms with Crippen LogP contribution in [0.4, 0.5) is 22.0 Å². The molecule has 1 aliphatic heterocycles. The van der Waals surface area contributed by atoms with Crippen LogP contribution < -0.4 is 0 Å². The van der Waals surface area contributed by atoms with Gasteiger partial charge in [0, 0.05) is 24.7 Å². The number of rotatable bonds is 3. The van der Waals surface area contributed by atoms with Crippen molar-refractivity contribution < 1.29 is 26.4 Å². The number of imidazole rings is 1. The van der Waals surface area contributed by atoms with Crippen LogP contribution in [0.25, 0.3) is 39.4 Å². The van der Waals surface area contributed by atoms with Crippen LogP contribution in [0, 0.1) is 0 Å². The van der Waals surface area contributed by atoms with Crippen LogP contribution >= 0.6 is 0 Å². The third-order valence-electron chi connectivity index (χ3n) is 6.38. The Kier molecular flexibility index (Phi) is 4.87. The third kappa shape index (κ3) is 3.51. The van der Waals surface area contributed by atoms with E-state index in [0.29, 0.717) is 17.5 Å². The van der Waals surface area contributed by atoms with Gasteiger partial charge in [-0.2, -0.15) is 22.0 Å². The normalized spacial score (nSPS) is 15.1. The molecule has 5 heterocycles. The van der Waals surface area contributed by atoms with Crippen molar-refractivity contribution in [2.24, 2.45) is 0 Å². The van der Waals surface area contributed by atoms with Crippen molar-refractivity contribution in [2.75, 3.05) is 13.6 Å². The predicted molar refractivity (Wildman–Crippen MR) is 119 cm³/mol. The summed E-state index contributed by atoms with van der Waals surface area (Å²) in [7, 11) is 1.97. The molecule has 1 aliphatic rings. The smallest absolute Gasteiger partial charge is 0.422 e. The molecule has 5 aromatic rings. The molecule has 4 aromatic heterocycles. The number of nitrogens with zero attached hydrogens (tertiary/aromatic N) is 6. The van der Waals surface area contributed by atoms with E-state index in [9.17, 15) is 22.0 Å². The minimum absolute atomic E-state index is 0.0719. The Morgan fingerprint density at radius 2 is 1.81 bits per heavy atom. The van der Waals surface area contributed by atoms with Gasteiger partial charge in [0.15, 0.2) is 0 Å². The molecular weight excluding hydrogens is 483 g/mol. The highest BCUT2D eigenvalue weighted by Crippen LogP contribution is 2.45. The molecule has 0 aliphatic carbocycles. The number of alkyl halides is 5. The van der Waals surface area contributed by atoms with Gasteiger partial charge >= 0.3 is 12.1 Å². The molecule has 0 spiro atoms. The Balaban J connectivity index is 1.63. The predicted octanol–water partition coefficient (Wildman–Crippen LogP) is 5.24. The second-order valence-electron chi connectivity index (χ2n) is 8.77. The van der Waals surface area contributed by atoms with Crippen LogP contribution in [0.5, 0.6) is 0 Å². The summed E-state index contributed by atoms with van der Waals surface area (Å²) in [6, 6.07) is 9.55. The van der Waals surface area contributed by atoms with Crippen LogP contribution in [0.3, 0.4) is 0 Å². The Morgan fingerprint density at radius 3 is 2.56 bits per heavy atom. The first kappa shape index (κ1) is 22.5. The highest BCUT2D eigenvalue weighted by molar-refractivity contribution is 5.95. The number of hydrogen-bond acceptors (Lipinski definition) is 6. The van der Waals surface area contributed by atoms with Gasteiger partial charge in [0.2, 0.25) is 6.39 Å². The highest BCUT2D eigenvalue weighted by Gasteiger charge is 2.60. The fourth-order valence-electron chi connectivity index (χ4n) is 4.53. The summed E-state index contributed by atoms with van der Waals surface area (Å²) < 4.78 is 75.8. The molecular formula is C24H17F5N6O. The van der Waals surface area contributed by atoms with E-state index < -0.39 is 17.8 Å². The number of pyridine rings is 2. The molecule has 1 aromatic carbocycles. The fraction of sp³-hybridized carbons (Fsp3) is 0.250. The maximum absolute atomic E-state index is 14.6. The van der Waals surface area contributed by atoms with E-state index >= 15 is 0 Å². The highest BCUT2D eigenvalue weighted by atomic mass is 19.4. The van der Waals surface area contributed by atoms with Crippen molar-refractivity contribution in [3.05, 3.63) is 65.8 Å². The lowest BCUT2D eigenvalue weighted by Gasteiger charge is -2.26. The fourth-order valence-corrected chi connectivity index (χ4v) is 4.53. The molecule has 36 heavy (non-hydrogen) atoms. The van der Waals surface area contributed by atoms with E-state index in [1.807, 2.05) is 19.2 Å². The van der Waals surface area contributed by atoms with E-state index in [0.717, 1.165) is 36.6 Å². The average Bonchev–Trinajstić information content (AvgIpc) is 3.52. The van der Waals surface area contributed by atoms with E-state index in [1.165, 1.54) is 10.6 Å². The molecule has 7 nitrogen and oxygen atoms in total. The Labute approximate surface area is 200 Å². The van der Waals surface area contributed by atoms with Gasteiger partial charge in [-0.05, 0) is 60.0 Å². The molecule has 12 heteroatoms. The first-order valence-corrected chi connectivity index (χ1v) is 11.0. The van der Waals surface area contributed by atoms with E-state index in [-0.39, 0.29) is 28.4 Å².